The Morgan fingerprint density at radius 2 is 2.00 bits per heavy atom. The van der Waals surface area contributed by atoms with Gasteiger partial charge in [-0.3, -0.25) is 14.6 Å². The lowest BCUT2D eigenvalue weighted by molar-refractivity contribution is -0.121. The molecule has 178 valence electrons. The van der Waals surface area contributed by atoms with Gasteiger partial charge >= 0.3 is 0 Å². The van der Waals surface area contributed by atoms with E-state index in [4.69, 9.17) is 28.9 Å². The number of aromatic nitrogens is 4. The molecule has 35 heavy (non-hydrogen) atoms. The second-order valence-electron chi connectivity index (χ2n) is 8.21. The molecular weight excluding hydrogens is 489 g/mol. The van der Waals surface area contributed by atoms with Crippen molar-refractivity contribution in [3.8, 4) is 11.3 Å². The van der Waals surface area contributed by atoms with Crippen molar-refractivity contribution < 1.29 is 9.59 Å². The van der Waals surface area contributed by atoms with Crippen molar-refractivity contribution in [2.45, 2.75) is 25.4 Å². The molecule has 0 radical (unpaired) electrons. The molecular formula is C24H21Cl2N7O2. The number of pyridine rings is 1. The Morgan fingerprint density at radius 1 is 1.14 bits per heavy atom. The van der Waals surface area contributed by atoms with Gasteiger partial charge < -0.3 is 16.0 Å². The molecule has 1 aliphatic rings. The van der Waals surface area contributed by atoms with Crippen LogP contribution in [-0.4, -0.2) is 48.9 Å². The average Bonchev–Trinajstić information content (AvgIpc) is 3.53. The molecule has 2 amide bonds. The highest BCUT2D eigenvalue weighted by Gasteiger charge is 2.33. The minimum absolute atomic E-state index is 0.253. The van der Waals surface area contributed by atoms with E-state index in [9.17, 15) is 9.59 Å². The Morgan fingerprint density at radius 3 is 2.74 bits per heavy atom. The smallest absolute Gasteiger partial charge is 0.273 e. The zero-order valence-electron chi connectivity index (χ0n) is 18.5. The number of halogens is 2. The minimum Gasteiger partial charge on any atom is -0.368 e. The molecule has 9 nitrogen and oxygen atoms in total. The molecule has 11 heteroatoms. The van der Waals surface area contributed by atoms with Gasteiger partial charge in [0.25, 0.3) is 5.91 Å². The Hall–Kier alpha value is -3.69. The summed E-state index contributed by atoms with van der Waals surface area (Å²) in [5, 5.41) is 8.83. The summed E-state index contributed by atoms with van der Waals surface area (Å²) in [6.45, 7) is 0.943. The van der Waals surface area contributed by atoms with E-state index >= 15 is 0 Å². The number of hydrogen-bond acceptors (Lipinski definition) is 6. The summed E-state index contributed by atoms with van der Waals surface area (Å²) >= 11 is 12.3. The number of likely N-dealkylation sites (tertiary alicyclic amines) is 1. The average molecular weight is 510 g/mol. The SMILES string of the molecule is NC(=O)[C@@H]1CCCN1C(=O)c1ccc(-c2cc(NCc3ccc(Cl)cc3Cl)n3nccc3n2)cn1. The van der Waals surface area contributed by atoms with E-state index < -0.39 is 11.9 Å². The lowest BCUT2D eigenvalue weighted by Crippen LogP contribution is -2.43. The fourth-order valence-electron chi connectivity index (χ4n) is 4.16. The van der Waals surface area contributed by atoms with E-state index in [1.54, 1.807) is 47.2 Å². The Labute approximate surface area is 210 Å². The van der Waals surface area contributed by atoms with Gasteiger partial charge in [0.2, 0.25) is 5.91 Å². The van der Waals surface area contributed by atoms with Crippen LogP contribution in [0.5, 0.6) is 0 Å². The van der Waals surface area contributed by atoms with Crippen molar-refractivity contribution in [2.75, 3.05) is 11.9 Å². The summed E-state index contributed by atoms with van der Waals surface area (Å²) in [6.07, 6.45) is 4.57. The molecule has 5 rings (SSSR count). The number of nitrogens with one attached hydrogen (secondary N) is 1. The zero-order chi connectivity index (χ0) is 24.5. The van der Waals surface area contributed by atoms with Crippen LogP contribution in [0.2, 0.25) is 10.0 Å². The number of amides is 2. The molecule has 3 aromatic heterocycles. The van der Waals surface area contributed by atoms with Crippen LogP contribution >= 0.6 is 23.2 Å². The normalized spacial score (nSPS) is 15.5. The molecule has 1 atom stereocenters. The van der Waals surface area contributed by atoms with Gasteiger partial charge in [0, 0.05) is 47.0 Å². The molecule has 0 spiro atoms. The second kappa shape index (κ2) is 9.52. The van der Waals surface area contributed by atoms with Gasteiger partial charge in [-0.05, 0) is 42.7 Å². The van der Waals surface area contributed by atoms with Gasteiger partial charge in [-0.25, -0.2) is 4.98 Å². The molecule has 0 bridgehead atoms. The first-order valence-corrected chi connectivity index (χ1v) is 11.8. The van der Waals surface area contributed by atoms with Crippen molar-refractivity contribution in [3.05, 3.63) is 76.2 Å². The van der Waals surface area contributed by atoms with Crippen LogP contribution in [0.1, 0.15) is 28.9 Å². The summed E-state index contributed by atoms with van der Waals surface area (Å²) in [6, 6.07) is 11.8. The van der Waals surface area contributed by atoms with Crippen molar-refractivity contribution in [2.24, 2.45) is 5.73 Å². The van der Waals surface area contributed by atoms with Crippen LogP contribution in [0.25, 0.3) is 16.9 Å². The maximum atomic E-state index is 12.9. The molecule has 4 aromatic rings. The topological polar surface area (TPSA) is 119 Å². The first-order valence-electron chi connectivity index (χ1n) is 11.0. The van der Waals surface area contributed by atoms with Gasteiger partial charge in [-0.15, -0.1) is 0 Å². The highest BCUT2D eigenvalue weighted by atomic mass is 35.5. The van der Waals surface area contributed by atoms with E-state index in [0.29, 0.717) is 46.7 Å². The summed E-state index contributed by atoms with van der Waals surface area (Å²) in [5.41, 5.74) is 8.61. The number of hydrogen-bond donors (Lipinski definition) is 2. The molecule has 3 N–H and O–H groups in total. The van der Waals surface area contributed by atoms with Crippen LogP contribution in [0.4, 0.5) is 5.82 Å². The van der Waals surface area contributed by atoms with E-state index in [1.165, 1.54) is 4.90 Å². The van der Waals surface area contributed by atoms with Crippen molar-refractivity contribution in [1.82, 2.24) is 24.5 Å². The largest absolute Gasteiger partial charge is 0.368 e. The van der Waals surface area contributed by atoms with Gasteiger partial charge in [0.1, 0.15) is 17.6 Å². The van der Waals surface area contributed by atoms with Gasteiger partial charge in [-0.1, -0.05) is 29.3 Å². The van der Waals surface area contributed by atoms with Gasteiger partial charge in [0.15, 0.2) is 5.65 Å². The van der Waals surface area contributed by atoms with Crippen LogP contribution in [0.15, 0.2) is 54.9 Å². The van der Waals surface area contributed by atoms with Gasteiger partial charge in [-0.2, -0.15) is 9.61 Å². The molecule has 1 aliphatic heterocycles. The lowest BCUT2D eigenvalue weighted by atomic mass is 10.1. The third kappa shape index (κ3) is 4.65. The maximum Gasteiger partial charge on any atom is 0.273 e. The van der Waals surface area contributed by atoms with Crippen molar-refractivity contribution >= 4 is 46.5 Å². The molecule has 1 fully saturated rings. The highest BCUT2D eigenvalue weighted by Crippen LogP contribution is 2.25. The number of primary amides is 1. The Kier molecular flexibility index (Phi) is 6.27. The Bertz CT molecular complexity index is 1420. The Balaban J connectivity index is 1.40. The predicted octanol–water partition coefficient (Wildman–Crippen LogP) is 3.80. The second-order valence-corrected chi connectivity index (χ2v) is 9.05. The third-order valence-electron chi connectivity index (χ3n) is 5.95. The number of carbonyl (C=O) groups excluding carboxylic acids is 2. The van der Waals surface area contributed by atoms with Crippen LogP contribution in [-0.2, 0) is 11.3 Å². The molecule has 0 saturated carbocycles. The number of nitrogens with two attached hydrogens (primary N) is 1. The number of anilines is 1. The molecule has 1 saturated heterocycles. The fourth-order valence-corrected chi connectivity index (χ4v) is 4.64. The van der Waals surface area contributed by atoms with Gasteiger partial charge in [0.05, 0.1) is 11.9 Å². The number of nitrogens with zero attached hydrogens (tertiary/aromatic N) is 5. The van der Waals surface area contributed by atoms with E-state index in [0.717, 1.165) is 17.5 Å². The first kappa shape index (κ1) is 23.1. The number of rotatable bonds is 6. The fraction of sp³-hybridized carbons (Fsp3) is 0.208. The van der Waals surface area contributed by atoms with Crippen molar-refractivity contribution in [1.29, 1.82) is 0 Å². The number of carbonyl (C=O) groups is 2. The molecule has 0 unspecified atom stereocenters. The lowest BCUT2D eigenvalue weighted by Gasteiger charge is -2.21. The maximum absolute atomic E-state index is 12.9. The minimum atomic E-state index is -0.585. The summed E-state index contributed by atoms with van der Waals surface area (Å²) in [4.78, 5) is 35.0. The predicted molar refractivity (Wildman–Crippen MR) is 133 cm³/mol. The first-order chi connectivity index (χ1) is 16.9. The van der Waals surface area contributed by atoms with E-state index in [-0.39, 0.29) is 11.6 Å². The summed E-state index contributed by atoms with van der Waals surface area (Å²) < 4.78 is 1.69. The van der Waals surface area contributed by atoms with E-state index in [2.05, 4.69) is 20.4 Å². The summed E-state index contributed by atoms with van der Waals surface area (Å²) in [7, 11) is 0. The summed E-state index contributed by atoms with van der Waals surface area (Å²) in [5.74, 6) is -0.0903. The highest BCUT2D eigenvalue weighted by molar-refractivity contribution is 6.35. The van der Waals surface area contributed by atoms with Crippen molar-refractivity contribution in [3.63, 3.8) is 0 Å². The number of benzene rings is 1. The van der Waals surface area contributed by atoms with Crippen LogP contribution in [0.3, 0.4) is 0 Å². The van der Waals surface area contributed by atoms with Crippen LogP contribution in [0, 0.1) is 0 Å². The zero-order valence-corrected chi connectivity index (χ0v) is 20.0. The monoisotopic (exact) mass is 509 g/mol. The number of fused-ring (bicyclic) bond motifs is 1. The third-order valence-corrected chi connectivity index (χ3v) is 6.54. The molecule has 4 heterocycles. The van der Waals surface area contributed by atoms with E-state index in [1.807, 2.05) is 12.1 Å². The standard InChI is InChI=1S/C24H21Cl2N7O2/c25-16-5-3-14(17(26)10-16)12-29-22-11-19(31-21-7-8-30-33(21)22)15-4-6-18(28-13-15)24(35)32-9-1-2-20(32)23(27)34/h3-8,10-11,13,20,29H,1-2,9,12H2,(H2,27,34)/t20-/m0/s1. The molecule has 0 aliphatic carbocycles. The van der Waals surface area contributed by atoms with Crippen LogP contribution < -0.4 is 11.1 Å². The molecule has 1 aromatic carbocycles. The quantitative estimate of drug-likeness (QED) is 0.408.